The maximum atomic E-state index is 12.1. The first-order valence-corrected chi connectivity index (χ1v) is 11.2. The first-order chi connectivity index (χ1) is 17.1. The summed E-state index contributed by atoms with van der Waals surface area (Å²) >= 11 is 0. The number of furan rings is 1. The molecule has 0 atom stereocenters. The first-order valence-electron chi connectivity index (χ1n) is 11.2. The normalized spacial score (nSPS) is 11.5. The minimum absolute atomic E-state index is 0.0585. The number of fused-ring (bicyclic) bond motifs is 2. The molecule has 6 aromatic rings. The number of carbonyl (C=O) groups excluding carboxylic acids is 1. The van der Waals surface area contributed by atoms with E-state index in [2.05, 4.69) is 35.5 Å². The number of H-pyrrole nitrogens is 2. The monoisotopic (exact) mass is 463 g/mol. The third kappa shape index (κ3) is 3.72. The molecule has 0 unspecified atom stereocenters. The molecule has 0 spiro atoms. The number of nitrogens with one attached hydrogen (secondary N) is 3. The van der Waals surface area contributed by atoms with Gasteiger partial charge in [-0.1, -0.05) is 13.8 Å². The molecular weight excluding hydrogens is 442 g/mol. The van der Waals surface area contributed by atoms with Crippen LogP contribution in [0.1, 0.15) is 13.8 Å². The molecule has 6 aromatic heterocycles. The highest BCUT2D eigenvalue weighted by molar-refractivity contribution is 6.00. The number of anilines is 1. The molecule has 6 rings (SSSR count). The van der Waals surface area contributed by atoms with Crippen LogP contribution in [-0.2, 0) is 4.79 Å². The fourth-order valence-corrected chi connectivity index (χ4v) is 4.04. The Balaban J connectivity index is 1.41. The van der Waals surface area contributed by atoms with E-state index in [1.807, 2.05) is 44.2 Å². The molecule has 9 nitrogen and oxygen atoms in total. The average molecular weight is 464 g/mol. The highest BCUT2D eigenvalue weighted by Gasteiger charge is 2.16. The second-order valence-electron chi connectivity index (χ2n) is 8.61. The quantitative estimate of drug-likeness (QED) is 0.314. The minimum atomic E-state index is -0.120. The number of nitrogens with zero attached hydrogens (tertiary/aromatic N) is 4. The van der Waals surface area contributed by atoms with Gasteiger partial charge in [0, 0.05) is 52.0 Å². The summed E-state index contributed by atoms with van der Waals surface area (Å²) in [5.41, 5.74) is 7.34. The highest BCUT2D eigenvalue weighted by Crippen LogP contribution is 2.34. The molecule has 35 heavy (non-hydrogen) atoms. The van der Waals surface area contributed by atoms with Crippen LogP contribution in [0, 0.1) is 5.92 Å². The lowest BCUT2D eigenvalue weighted by atomic mass is 10.1. The fraction of sp³-hybridized carbons (Fsp3) is 0.115. The van der Waals surface area contributed by atoms with Gasteiger partial charge in [0.2, 0.25) is 5.91 Å². The number of rotatable bonds is 5. The van der Waals surface area contributed by atoms with Crippen LogP contribution in [-0.4, -0.2) is 36.0 Å². The second-order valence-corrected chi connectivity index (χ2v) is 8.61. The number of aromatic nitrogens is 6. The number of pyridine rings is 3. The summed E-state index contributed by atoms with van der Waals surface area (Å²) in [6.07, 6.45) is 10.3. The smallest absolute Gasteiger partial charge is 0.226 e. The lowest BCUT2D eigenvalue weighted by Crippen LogP contribution is -2.17. The second kappa shape index (κ2) is 8.21. The van der Waals surface area contributed by atoms with Crippen molar-refractivity contribution in [3.8, 4) is 33.6 Å². The van der Waals surface area contributed by atoms with E-state index in [1.54, 1.807) is 37.3 Å². The predicted molar refractivity (Wildman–Crippen MR) is 133 cm³/mol. The van der Waals surface area contributed by atoms with Gasteiger partial charge in [-0.25, -0.2) is 9.97 Å². The maximum Gasteiger partial charge on any atom is 0.226 e. The van der Waals surface area contributed by atoms with Crippen molar-refractivity contribution in [2.24, 2.45) is 5.92 Å². The fourth-order valence-electron chi connectivity index (χ4n) is 4.04. The van der Waals surface area contributed by atoms with Crippen LogP contribution >= 0.6 is 0 Å². The average Bonchev–Trinajstić information content (AvgIpc) is 3.62. The van der Waals surface area contributed by atoms with Gasteiger partial charge in [-0.3, -0.25) is 14.9 Å². The van der Waals surface area contributed by atoms with Crippen LogP contribution in [0.25, 0.3) is 55.7 Å². The zero-order chi connectivity index (χ0) is 23.9. The number of hydrogen-bond donors (Lipinski definition) is 3. The minimum Gasteiger partial charge on any atom is -0.472 e. The van der Waals surface area contributed by atoms with Gasteiger partial charge in [-0.05, 0) is 35.9 Å². The molecule has 0 saturated carbocycles. The number of aromatic amines is 2. The summed E-state index contributed by atoms with van der Waals surface area (Å²) in [4.78, 5) is 28.8. The molecule has 172 valence electrons. The Labute approximate surface area is 199 Å². The Morgan fingerprint density at radius 3 is 2.69 bits per heavy atom. The third-order valence-electron chi connectivity index (χ3n) is 5.90. The lowest BCUT2D eigenvalue weighted by molar-refractivity contribution is -0.118. The van der Waals surface area contributed by atoms with Gasteiger partial charge in [0.05, 0.1) is 30.1 Å². The Bertz CT molecular complexity index is 1680. The lowest BCUT2D eigenvalue weighted by Gasteiger charge is -2.09. The van der Waals surface area contributed by atoms with Gasteiger partial charge in [-0.2, -0.15) is 5.10 Å². The van der Waals surface area contributed by atoms with Crippen molar-refractivity contribution in [3.05, 3.63) is 67.6 Å². The molecule has 1 amide bonds. The van der Waals surface area contributed by atoms with Crippen molar-refractivity contribution in [2.75, 3.05) is 5.32 Å². The summed E-state index contributed by atoms with van der Waals surface area (Å²) in [6, 6.07) is 9.83. The highest BCUT2D eigenvalue weighted by atomic mass is 16.3. The van der Waals surface area contributed by atoms with E-state index in [1.165, 1.54) is 0 Å². The summed E-state index contributed by atoms with van der Waals surface area (Å²) < 4.78 is 5.27. The molecule has 6 heterocycles. The molecule has 0 fully saturated rings. The zero-order valence-corrected chi connectivity index (χ0v) is 19.0. The SMILES string of the molecule is CC(C)C(=O)Nc1cncc(-c2cnc3[nH]nc(-c4cc5c(-c6ccoc6)ccnc5[nH]4)c3c2)c1. The predicted octanol–water partition coefficient (Wildman–Crippen LogP) is 5.42. The molecule has 0 aliphatic heterocycles. The van der Waals surface area contributed by atoms with Crippen LogP contribution in [0.15, 0.2) is 72.1 Å². The first kappa shape index (κ1) is 20.8. The summed E-state index contributed by atoms with van der Waals surface area (Å²) in [5.74, 6) is -0.179. The number of carbonyl (C=O) groups is 1. The van der Waals surface area contributed by atoms with Gasteiger partial charge in [-0.15, -0.1) is 0 Å². The molecule has 0 radical (unpaired) electrons. The largest absolute Gasteiger partial charge is 0.472 e. The summed E-state index contributed by atoms with van der Waals surface area (Å²) in [5, 5.41) is 12.3. The van der Waals surface area contributed by atoms with Crippen LogP contribution in [0.5, 0.6) is 0 Å². The molecule has 0 aliphatic carbocycles. The van der Waals surface area contributed by atoms with Crippen LogP contribution in [0.2, 0.25) is 0 Å². The van der Waals surface area contributed by atoms with Crippen LogP contribution < -0.4 is 5.32 Å². The Kier molecular flexibility index (Phi) is 4.88. The summed E-state index contributed by atoms with van der Waals surface area (Å²) in [7, 11) is 0. The number of hydrogen-bond acceptors (Lipinski definition) is 6. The molecule has 0 saturated heterocycles. The summed E-state index contributed by atoms with van der Waals surface area (Å²) in [6.45, 7) is 3.70. The van der Waals surface area contributed by atoms with Gasteiger partial charge >= 0.3 is 0 Å². The Hall–Kier alpha value is -4.79. The van der Waals surface area contributed by atoms with Gasteiger partial charge < -0.3 is 14.7 Å². The van der Waals surface area contributed by atoms with E-state index in [4.69, 9.17) is 4.42 Å². The van der Waals surface area contributed by atoms with E-state index in [-0.39, 0.29) is 11.8 Å². The molecule has 3 N–H and O–H groups in total. The van der Waals surface area contributed by atoms with Crippen molar-refractivity contribution < 1.29 is 9.21 Å². The van der Waals surface area contributed by atoms with Crippen LogP contribution in [0.3, 0.4) is 0 Å². The Morgan fingerprint density at radius 2 is 1.86 bits per heavy atom. The van der Waals surface area contributed by atoms with Crippen molar-refractivity contribution >= 4 is 33.7 Å². The molecule has 0 bridgehead atoms. The maximum absolute atomic E-state index is 12.1. The van der Waals surface area contributed by atoms with Gasteiger partial charge in [0.15, 0.2) is 5.65 Å². The Morgan fingerprint density at radius 1 is 0.971 bits per heavy atom. The molecule has 9 heteroatoms. The van der Waals surface area contributed by atoms with E-state index in [0.29, 0.717) is 11.3 Å². The molecule has 0 aromatic carbocycles. The van der Waals surface area contributed by atoms with Gasteiger partial charge in [0.25, 0.3) is 0 Å². The van der Waals surface area contributed by atoms with E-state index in [9.17, 15) is 4.79 Å². The van der Waals surface area contributed by atoms with E-state index >= 15 is 0 Å². The van der Waals surface area contributed by atoms with Crippen LogP contribution in [0.4, 0.5) is 5.69 Å². The molecule has 0 aliphatic rings. The third-order valence-corrected chi connectivity index (χ3v) is 5.90. The zero-order valence-electron chi connectivity index (χ0n) is 19.0. The van der Waals surface area contributed by atoms with E-state index < -0.39 is 0 Å². The number of amides is 1. The standard InChI is InChI=1S/C26H21N7O2/c1-14(2)26(34)30-18-7-16(10-27-12-18)17-8-21-23(32-33-25(21)29-11-17)22-9-20-19(15-4-6-35-13-15)3-5-28-24(20)31-22/h3-14H,1-2H3,(H,28,31)(H,30,34)(H,29,32,33). The molecular formula is C26H21N7O2. The van der Waals surface area contributed by atoms with Crippen molar-refractivity contribution in [3.63, 3.8) is 0 Å². The van der Waals surface area contributed by atoms with E-state index in [0.717, 1.165) is 50.1 Å². The van der Waals surface area contributed by atoms with Crippen molar-refractivity contribution in [1.29, 1.82) is 0 Å². The van der Waals surface area contributed by atoms with Crippen molar-refractivity contribution in [2.45, 2.75) is 13.8 Å². The van der Waals surface area contributed by atoms with Crippen molar-refractivity contribution in [1.82, 2.24) is 30.1 Å². The van der Waals surface area contributed by atoms with Gasteiger partial charge in [0.1, 0.15) is 11.3 Å². The topological polar surface area (TPSA) is 125 Å².